The number of methoxy groups -OCH3 is 1. The molecule has 0 radical (unpaired) electrons. The molecule has 0 aromatic heterocycles. The van der Waals surface area contributed by atoms with Gasteiger partial charge in [0, 0.05) is 12.1 Å². The standard InChI is InChI=1S/C15H17NO5/c1-21-15(18)11-5-9-13(17)8-4-7-12-6-2-3-10-14(12)16(19)20/h2-7,10-11,13,17H,8-9H2,1H3/b7-4+,11-5+/t13-/m1/s1. The zero-order valence-corrected chi connectivity index (χ0v) is 11.6. The summed E-state index contributed by atoms with van der Waals surface area (Å²) in [5.41, 5.74) is 0.508. The first-order chi connectivity index (χ1) is 10.0. The molecule has 1 rings (SSSR count). The Morgan fingerprint density at radius 2 is 2.05 bits per heavy atom. The Hall–Kier alpha value is -2.47. The average Bonchev–Trinajstić information content (AvgIpc) is 2.47. The van der Waals surface area contributed by atoms with Crippen LogP contribution in [0.2, 0.25) is 0 Å². The molecule has 0 saturated heterocycles. The number of aliphatic hydroxyl groups is 1. The lowest BCUT2D eigenvalue weighted by molar-refractivity contribution is -0.385. The minimum absolute atomic E-state index is 0.0221. The van der Waals surface area contributed by atoms with E-state index in [1.807, 2.05) is 0 Å². The predicted molar refractivity (Wildman–Crippen MR) is 78.5 cm³/mol. The van der Waals surface area contributed by atoms with Crippen molar-refractivity contribution in [3.05, 3.63) is 58.2 Å². The third-order valence-electron chi connectivity index (χ3n) is 2.70. The van der Waals surface area contributed by atoms with Gasteiger partial charge in [-0.2, -0.15) is 0 Å². The van der Waals surface area contributed by atoms with Crippen LogP contribution in [-0.2, 0) is 9.53 Å². The highest BCUT2D eigenvalue weighted by molar-refractivity contribution is 5.81. The zero-order chi connectivity index (χ0) is 15.7. The number of hydrogen-bond donors (Lipinski definition) is 1. The molecule has 0 fully saturated rings. The third kappa shape index (κ3) is 6.01. The molecule has 0 aliphatic rings. The van der Waals surface area contributed by atoms with E-state index in [0.29, 0.717) is 18.4 Å². The van der Waals surface area contributed by atoms with Crippen LogP contribution < -0.4 is 0 Å². The lowest BCUT2D eigenvalue weighted by Gasteiger charge is -2.03. The van der Waals surface area contributed by atoms with E-state index in [-0.39, 0.29) is 5.69 Å². The summed E-state index contributed by atoms with van der Waals surface area (Å²) in [6.45, 7) is 0. The number of carbonyl (C=O) groups excluding carboxylic acids is 1. The van der Waals surface area contributed by atoms with Gasteiger partial charge in [-0.3, -0.25) is 10.1 Å². The van der Waals surface area contributed by atoms with Gasteiger partial charge in [0.05, 0.1) is 23.7 Å². The van der Waals surface area contributed by atoms with Crippen LogP contribution in [0.25, 0.3) is 6.08 Å². The molecule has 112 valence electrons. The predicted octanol–water partition coefficient (Wildman–Crippen LogP) is 2.48. The number of esters is 1. The van der Waals surface area contributed by atoms with Crippen molar-refractivity contribution < 1.29 is 19.6 Å². The van der Waals surface area contributed by atoms with Crippen LogP contribution in [0.1, 0.15) is 18.4 Å². The van der Waals surface area contributed by atoms with Crippen molar-refractivity contribution in [1.82, 2.24) is 0 Å². The Bertz CT molecular complexity index is 551. The molecule has 0 bridgehead atoms. The van der Waals surface area contributed by atoms with Gasteiger partial charge >= 0.3 is 5.97 Å². The van der Waals surface area contributed by atoms with E-state index < -0.39 is 17.0 Å². The highest BCUT2D eigenvalue weighted by atomic mass is 16.6. The smallest absolute Gasteiger partial charge is 0.330 e. The fraction of sp³-hybridized carbons (Fsp3) is 0.267. The number of benzene rings is 1. The molecule has 21 heavy (non-hydrogen) atoms. The fourth-order valence-corrected chi connectivity index (χ4v) is 1.63. The van der Waals surface area contributed by atoms with Crippen molar-refractivity contribution in [2.75, 3.05) is 7.11 Å². The van der Waals surface area contributed by atoms with E-state index in [4.69, 9.17) is 0 Å². The molecule has 0 aliphatic carbocycles. The molecule has 1 aromatic carbocycles. The van der Waals surface area contributed by atoms with Crippen molar-refractivity contribution in [2.45, 2.75) is 18.9 Å². The molecule has 0 aliphatic heterocycles. The minimum atomic E-state index is -0.662. The maximum atomic E-state index is 10.8. The summed E-state index contributed by atoms with van der Waals surface area (Å²) in [6, 6.07) is 6.37. The summed E-state index contributed by atoms with van der Waals surface area (Å²) >= 11 is 0. The molecule has 1 atom stereocenters. The van der Waals surface area contributed by atoms with Crippen LogP contribution in [-0.4, -0.2) is 29.2 Å². The minimum Gasteiger partial charge on any atom is -0.466 e. The summed E-state index contributed by atoms with van der Waals surface area (Å²) in [7, 11) is 1.28. The molecule has 0 amide bonds. The molecule has 6 nitrogen and oxygen atoms in total. The van der Waals surface area contributed by atoms with Gasteiger partial charge in [-0.1, -0.05) is 30.4 Å². The number of ether oxygens (including phenoxy) is 1. The number of aliphatic hydroxyl groups excluding tert-OH is 1. The van der Waals surface area contributed by atoms with Crippen LogP contribution >= 0.6 is 0 Å². The van der Waals surface area contributed by atoms with Gasteiger partial charge in [-0.25, -0.2) is 4.79 Å². The summed E-state index contributed by atoms with van der Waals surface area (Å²) in [5.74, 6) is -0.474. The van der Waals surface area contributed by atoms with E-state index in [9.17, 15) is 20.0 Å². The van der Waals surface area contributed by atoms with Crippen molar-refractivity contribution >= 4 is 17.7 Å². The first-order valence-electron chi connectivity index (χ1n) is 6.37. The molecular formula is C15H17NO5. The summed E-state index contributed by atoms with van der Waals surface area (Å²) in [5, 5.41) is 20.5. The SMILES string of the molecule is COC(=O)/C=C/C[C@H](O)C/C=C/c1ccccc1[N+](=O)[O-]. The Kier molecular flexibility index (Phi) is 6.83. The van der Waals surface area contributed by atoms with Gasteiger partial charge in [-0.05, 0) is 18.9 Å². The Morgan fingerprint density at radius 3 is 2.71 bits per heavy atom. The number of carbonyl (C=O) groups is 1. The number of nitro groups is 1. The molecule has 1 N–H and O–H groups in total. The number of nitro benzene ring substituents is 1. The third-order valence-corrected chi connectivity index (χ3v) is 2.70. The van der Waals surface area contributed by atoms with Gasteiger partial charge in [0.25, 0.3) is 5.69 Å². The largest absolute Gasteiger partial charge is 0.466 e. The number of hydrogen-bond acceptors (Lipinski definition) is 5. The van der Waals surface area contributed by atoms with Crippen molar-refractivity contribution in [1.29, 1.82) is 0 Å². The highest BCUT2D eigenvalue weighted by Gasteiger charge is 2.09. The van der Waals surface area contributed by atoms with Crippen LogP contribution in [0.15, 0.2) is 42.5 Å². The monoisotopic (exact) mass is 291 g/mol. The molecule has 0 heterocycles. The second kappa shape index (κ2) is 8.65. The summed E-state index contributed by atoms with van der Waals surface area (Å²) in [6.07, 6.45) is 6.01. The molecule has 6 heteroatoms. The van der Waals surface area contributed by atoms with E-state index in [2.05, 4.69) is 4.74 Å². The zero-order valence-electron chi connectivity index (χ0n) is 11.6. The van der Waals surface area contributed by atoms with Gasteiger partial charge in [0.1, 0.15) is 0 Å². The van der Waals surface area contributed by atoms with Crippen LogP contribution in [0.4, 0.5) is 5.69 Å². The van der Waals surface area contributed by atoms with E-state index in [1.54, 1.807) is 30.4 Å². The summed E-state index contributed by atoms with van der Waals surface area (Å²) < 4.78 is 4.42. The van der Waals surface area contributed by atoms with Gasteiger partial charge in [-0.15, -0.1) is 0 Å². The quantitative estimate of drug-likeness (QED) is 0.361. The highest BCUT2D eigenvalue weighted by Crippen LogP contribution is 2.19. The maximum absolute atomic E-state index is 10.8. The van der Waals surface area contributed by atoms with Crippen molar-refractivity contribution in [3.63, 3.8) is 0 Å². The Balaban J connectivity index is 2.53. The van der Waals surface area contributed by atoms with E-state index >= 15 is 0 Å². The number of para-hydroxylation sites is 1. The van der Waals surface area contributed by atoms with Gasteiger partial charge < -0.3 is 9.84 Å². The molecule has 0 unspecified atom stereocenters. The van der Waals surface area contributed by atoms with E-state index in [1.165, 1.54) is 25.3 Å². The first kappa shape index (κ1) is 16.6. The average molecular weight is 291 g/mol. The maximum Gasteiger partial charge on any atom is 0.330 e. The lowest BCUT2D eigenvalue weighted by atomic mass is 10.1. The Morgan fingerprint density at radius 1 is 1.38 bits per heavy atom. The van der Waals surface area contributed by atoms with Crippen molar-refractivity contribution in [2.24, 2.45) is 0 Å². The molecule has 0 saturated carbocycles. The van der Waals surface area contributed by atoms with Crippen LogP contribution in [0.5, 0.6) is 0 Å². The Labute approximate surface area is 122 Å². The molecule has 1 aromatic rings. The second-order valence-corrected chi connectivity index (χ2v) is 4.27. The van der Waals surface area contributed by atoms with E-state index in [0.717, 1.165) is 0 Å². The van der Waals surface area contributed by atoms with Gasteiger partial charge in [0.15, 0.2) is 0 Å². The normalized spacial score (nSPS) is 12.7. The second-order valence-electron chi connectivity index (χ2n) is 4.27. The fourth-order valence-electron chi connectivity index (χ4n) is 1.63. The number of rotatable bonds is 7. The van der Waals surface area contributed by atoms with Gasteiger partial charge in [0.2, 0.25) is 0 Å². The number of nitrogens with zero attached hydrogens (tertiary/aromatic N) is 1. The summed E-state index contributed by atoms with van der Waals surface area (Å²) in [4.78, 5) is 21.2. The van der Waals surface area contributed by atoms with Crippen LogP contribution in [0, 0.1) is 10.1 Å². The first-order valence-corrected chi connectivity index (χ1v) is 6.37. The lowest BCUT2D eigenvalue weighted by Crippen LogP contribution is -2.03. The molecular weight excluding hydrogens is 274 g/mol. The topological polar surface area (TPSA) is 89.7 Å². The molecule has 0 spiro atoms. The van der Waals surface area contributed by atoms with Crippen LogP contribution in [0.3, 0.4) is 0 Å². The van der Waals surface area contributed by atoms with Crippen molar-refractivity contribution in [3.8, 4) is 0 Å².